The van der Waals surface area contributed by atoms with Crippen LogP contribution in [0.1, 0.15) is 90.2 Å². The Labute approximate surface area is 295 Å². The van der Waals surface area contributed by atoms with E-state index >= 15 is 0 Å². The van der Waals surface area contributed by atoms with E-state index < -0.39 is 60.2 Å². The molecular weight excluding hydrogens is 700 g/mol. The Morgan fingerprint density at radius 1 is 1.14 bits per heavy atom. The van der Waals surface area contributed by atoms with Crippen molar-refractivity contribution in [1.29, 1.82) is 0 Å². The van der Waals surface area contributed by atoms with Gasteiger partial charge in [-0.15, -0.1) is 0 Å². The van der Waals surface area contributed by atoms with E-state index in [1.165, 1.54) is 6.92 Å². The first-order chi connectivity index (χ1) is 23.0. The van der Waals surface area contributed by atoms with Crippen molar-refractivity contribution in [2.24, 2.45) is 5.92 Å². The fourth-order valence-electron chi connectivity index (χ4n) is 5.55. The van der Waals surface area contributed by atoms with Crippen molar-refractivity contribution in [2.75, 3.05) is 13.2 Å². The van der Waals surface area contributed by atoms with E-state index in [1.54, 1.807) is 37.5 Å². The molecule has 50 heavy (non-hydrogen) atoms. The molecule has 2 aromatic rings. The predicted octanol–water partition coefficient (Wildman–Crippen LogP) is 7.57. The molecule has 2 unspecified atom stereocenters. The smallest absolute Gasteiger partial charge is 0.376 e. The predicted molar refractivity (Wildman–Crippen MR) is 186 cm³/mol. The van der Waals surface area contributed by atoms with Crippen LogP contribution in [0.3, 0.4) is 0 Å². The molecule has 0 saturated heterocycles. The molecule has 0 bridgehead atoms. The summed E-state index contributed by atoms with van der Waals surface area (Å²) in [5.74, 6) is -3.18. The second-order valence-corrected chi connectivity index (χ2v) is 23.6. The maximum absolute atomic E-state index is 13.6. The van der Waals surface area contributed by atoms with Gasteiger partial charge in [0.05, 0.1) is 51.6 Å². The summed E-state index contributed by atoms with van der Waals surface area (Å²) in [5, 5.41) is 2.96. The second kappa shape index (κ2) is 15.9. The number of nitrogens with zero attached hydrogens (tertiary/aromatic N) is 2. The Bertz CT molecular complexity index is 1480. The molecule has 2 aliphatic carbocycles. The quantitative estimate of drug-likeness (QED) is 0.0926. The SMILES string of the molecule is C[C@@H](O[C@H](C)C(F)(F)F)C(NS(=O)C(C)(C)C)c1nc2cc([C@@H](COC3CC3)NC(=O)CC3CC(F)(F)C3)ccc2n1COCC[Si](C)(C)C. The standard InChI is InChI=1S/C34H53F5N4O5SSi/c1-21(48-22(2)34(37,38)39)30(42-49(45)32(3,4)5)31-41-26-16-24(9-12-28(26)43(31)20-46-13-14-50(6,7)8)27(19-47-25-10-11-25)40-29(44)15-23-17-33(35,36)18-23/h9,12,16,21-23,25,27,30,42H,10-11,13-15,17-20H2,1-8H3,(H,40,44)/t21-,22-,27-,30?,49?/m1/s1. The molecule has 2 N–H and O–H groups in total. The van der Waals surface area contributed by atoms with Crippen LogP contribution in [0.25, 0.3) is 11.0 Å². The van der Waals surface area contributed by atoms with Gasteiger partial charge in [0, 0.05) is 33.9 Å². The van der Waals surface area contributed by atoms with E-state index in [4.69, 9.17) is 19.2 Å². The molecule has 1 aromatic carbocycles. The molecular formula is C34H53F5N4O5SSi. The molecule has 1 amide bonds. The van der Waals surface area contributed by atoms with Crippen LogP contribution in [0.5, 0.6) is 0 Å². The van der Waals surface area contributed by atoms with Crippen LogP contribution >= 0.6 is 0 Å². The summed E-state index contributed by atoms with van der Waals surface area (Å²) < 4.78 is 103. The van der Waals surface area contributed by atoms with Crippen molar-refractivity contribution < 1.29 is 45.2 Å². The van der Waals surface area contributed by atoms with Gasteiger partial charge in [-0.2, -0.15) is 13.2 Å². The van der Waals surface area contributed by atoms with Crippen molar-refractivity contribution in [3.8, 4) is 0 Å². The Balaban J connectivity index is 1.71. The van der Waals surface area contributed by atoms with Gasteiger partial charge in [-0.1, -0.05) is 25.7 Å². The number of nitrogens with one attached hydrogen (secondary N) is 2. The molecule has 0 radical (unpaired) electrons. The van der Waals surface area contributed by atoms with Gasteiger partial charge in [-0.05, 0) is 77.1 Å². The van der Waals surface area contributed by atoms with E-state index in [0.717, 1.165) is 25.8 Å². The lowest BCUT2D eigenvalue weighted by Crippen LogP contribution is -2.43. The van der Waals surface area contributed by atoms with Crippen LogP contribution in [0.2, 0.25) is 25.7 Å². The minimum absolute atomic E-state index is 0.0161. The Hall–Kier alpha value is -1.98. The molecule has 4 rings (SSSR count). The van der Waals surface area contributed by atoms with Crippen LogP contribution in [0, 0.1) is 5.92 Å². The monoisotopic (exact) mass is 752 g/mol. The maximum atomic E-state index is 13.6. The van der Waals surface area contributed by atoms with Crippen LogP contribution in [-0.2, 0) is 36.7 Å². The number of aromatic nitrogens is 2. The van der Waals surface area contributed by atoms with Crippen molar-refractivity contribution in [1.82, 2.24) is 19.6 Å². The minimum Gasteiger partial charge on any atom is -0.376 e. The normalized spacial score (nSPS) is 20.3. The van der Waals surface area contributed by atoms with E-state index in [-0.39, 0.29) is 56.4 Å². The van der Waals surface area contributed by atoms with Crippen molar-refractivity contribution >= 4 is 36.0 Å². The third kappa shape index (κ3) is 11.8. The lowest BCUT2D eigenvalue weighted by molar-refractivity contribution is -0.227. The molecule has 2 fully saturated rings. The van der Waals surface area contributed by atoms with Gasteiger partial charge in [0.1, 0.15) is 18.6 Å². The molecule has 2 aliphatic rings. The summed E-state index contributed by atoms with van der Waals surface area (Å²) in [5.41, 5.74) is 1.75. The number of hydrogen-bond donors (Lipinski definition) is 2. The third-order valence-corrected chi connectivity index (χ3v) is 12.1. The highest BCUT2D eigenvalue weighted by Crippen LogP contribution is 2.44. The average Bonchev–Trinajstić information content (AvgIpc) is 3.73. The van der Waals surface area contributed by atoms with E-state index in [2.05, 4.69) is 29.7 Å². The molecule has 0 aliphatic heterocycles. The first-order valence-electron chi connectivity index (χ1n) is 17.3. The highest BCUT2D eigenvalue weighted by atomic mass is 32.2. The zero-order chi connectivity index (χ0) is 37.2. The van der Waals surface area contributed by atoms with Crippen LogP contribution in [-0.4, -0.2) is 76.1 Å². The van der Waals surface area contributed by atoms with E-state index in [0.29, 0.717) is 23.2 Å². The van der Waals surface area contributed by atoms with E-state index in [9.17, 15) is 31.0 Å². The molecule has 5 atom stereocenters. The number of benzene rings is 1. The van der Waals surface area contributed by atoms with Gasteiger partial charge < -0.3 is 24.1 Å². The molecule has 9 nitrogen and oxygen atoms in total. The molecule has 284 valence electrons. The van der Waals surface area contributed by atoms with Crippen molar-refractivity contribution in [2.45, 2.75) is 146 Å². The number of alkyl halides is 5. The highest BCUT2D eigenvalue weighted by Gasteiger charge is 2.46. The van der Waals surface area contributed by atoms with Crippen LogP contribution in [0.4, 0.5) is 22.0 Å². The topological polar surface area (TPSA) is 104 Å². The number of rotatable bonds is 18. The highest BCUT2D eigenvalue weighted by molar-refractivity contribution is 7.84. The van der Waals surface area contributed by atoms with Gasteiger partial charge >= 0.3 is 6.18 Å². The largest absolute Gasteiger partial charge is 0.414 e. The summed E-state index contributed by atoms with van der Waals surface area (Å²) in [7, 11) is -3.15. The number of fused-ring (bicyclic) bond motifs is 1. The Morgan fingerprint density at radius 3 is 2.36 bits per heavy atom. The zero-order valence-electron chi connectivity index (χ0n) is 30.3. The second-order valence-electron chi connectivity index (χ2n) is 16.0. The third-order valence-electron chi connectivity index (χ3n) is 8.85. The molecule has 16 heteroatoms. The lowest BCUT2D eigenvalue weighted by Gasteiger charge is -2.34. The summed E-state index contributed by atoms with van der Waals surface area (Å²) in [6.07, 6.45) is -6.53. The van der Waals surface area contributed by atoms with Gasteiger partial charge in [-0.3, -0.25) is 4.79 Å². The maximum Gasteiger partial charge on any atom is 0.414 e. The lowest BCUT2D eigenvalue weighted by atomic mass is 9.79. The minimum atomic E-state index is -4.61. The van der Waals surface area contributed by atoms with Gasteiger partial charge in [0.25, 0.3) is 0 Å². The van der Waals surface area contributed by atoms with Gasteiger partial charge in [0.2, 0.25) is 11.8 Å². The summed E-state index contributed by atoms with van der Waals surface area (Å²) in [6, 6.07) is 4.65. The summed E-state index contributed by atoms with van der Waals surface area (Å²) in [4.78, 5) is 17.9. The number of carbonyl (C=O) groups is 1. The molecule has 0 spiro atoms. The van der Waals surface area contributed by atoms with Crippen LogP contribution in [0.15, 0.2) is 18.2 Å². The molecule has 1 heterocycles. The van der Waals surface area contributed by atoms with Crippen molar-refractivity contribution in [3.63, 3.8) is 0 Å². The Kier molecular flexibility index (Phi) is 13.0. The first kappa shape index (κ1) is 40.8. The molecule has 2 saturated carbocycles. The van der Waals surface area contributed by atoms with Gasteiger partial charge in [0.15, 0.2) is 6.10 Å². The number of halogens is 5. The first-order valence-corrected chi connectivity index (χ1v) is 22.1. The average molecular weight is 753 g/mol. The fraction of sp³-hybridized carbons (Fsp3) is 0.765. The molecule has 1 aromatic heterocycles. The number of carbonyl (C=O) groups excluding carboxylic acids is 1. The van der Waals surface area contributed by atoms with Crippen LogP contribution < -0.4 is 10.0 Å². The number of amides is 1. The number of imidazole rings is 1. The Morgan fingerprint density at radius 2 is 1.80 bits per heavy atom. The fourth-order valence-corrected chi connectivity index (χ4v) is 7.19. The van der Waals surface area contributed by atoms with E-state index in [1.807, 2.05) is 6.07 Å². The van der Waals surface area contributed by atoms with Crippen molar-refractivity contribution in [3.05, 3.63) is 29.6 Å². The number of hydrogen-bond acceptors (Lipinski definition) is 6. The van der Waals surface area contributed by atoms with Gasteiger partial charge in [-0.25, -0.2) is 22.7 Å². The number of ether oxygens (including phenoxy) is 3. The summed E-state index contributed by atoms with van der Waals surface area (Å²) >= 11 is 0. The summed E-state index contributed by atoms with van der Waals surface area (Å²) in [6.45, 7) is 15.0. The zero-order valence-corrected chi connectivity index (χ0v) is 32.1.